The van der Waals surface area contributed by atoms with E-state index >= 15 is 0 Å². The molecule has 14 nitrogen and oxygen atoms in total. The zero-order chi connectivity index (χ0) is 19.1. The quantitative estimate of drug-likeness (QED) is 0.267. The fourth-order valence-corrected chi connectivity index (χ4v) is 9.80. The van der Waals surface area contributed by atoms with Crippen molar-refractivity contribution in [1.29, 1.82) is 0 Å². The maximum atomic E-state index is 11.5. The van der Waals surface area contributed by atoms with Gasteiger partial charge in [0.1, 0.15) is 0 Å². The average molecular weight is 442 g/mol. The van der Waals surface area contributed by atoms with Gasteiger partial charge in [-0.05, 0) is 0 Å². The van der Waals surface area contributed by atoms with E-state index in [4.69, 9.17) is 18.2 Å². The van der Waals surface area contributed by atoms with E-state index in [1.807, 2.05) is 0 Å². The van der Waals surface area contributed by atoms with Gasteiger partial charge in [-0.2, -0.15) is 33.7 Å². The van der Waals surface area contributed by atoms with Crippen molar-refractivity contribution in [2.45, 2.75) is 9.16 Å². The molecule has 0 saturated heterocycles. The summed E-state index contributed by atoms with van der Waals surface area (Å²) in [5.41, 5.74) is 0. The highest BCUT2D eigenvalue weighted by Gasteiger charge is 2.44. The van der Waals surface area contributed by atoms with Gasteiger partial charge in [-0.3, -0.25) is 18.2 Å². The molecule has 0 fully saturated rings. The van der Waals surface area contributed by atoms with E-state index in [9.17, 15) is 42.1 Å². The molecule has 0 spiro atoms. The van der Waals surface area contributed by atoms with E-state index in [2.05, 4.69) is 0 Å². The standard InChI is InChI=1S/C4H10O14S5/c5-19(6,1-3(20(7,8)9)21(10,11)12)2-4(22(13,14)15)23(16,17)18/h3-4H,1-2H2,(H,7,8,9)(H,10,11,12)(H,13,14,15)(H,16,17,18). The lowest BCUT2D eigenvalue weighted by molar-refractivity contribution is 0.455. The van der Waals surface area contributed by atoms with Crippen molar-refractivity contribution in [3.8, 4) is 0 Å². The SMILES string of the molecule is O=S(=O)(CC(S(=O)(=O)O)S(=O)(=O)O)CC(S(=O)(=O)O)S(=O)(=O)O. The maximum absolute atomic E-state index is 11.5. The summed E-state index contributed by atoms with van der Waals surface area (Å²) in [7, 11) is -28.1. The first-order valence-corrected chi connectivity index (χ1v) is 12.6. The second-order valence-corrected chi connectivity index (χ2v) is 13.1. The van der Waals surface area contributed by atoms with Crippen LogP contribution in [0.15, 0.2) is 0 Å². The first-order valence-electron chi connectivity index (χ1n) is 4.73. The molecule has 4 N–H and O–H groups in total. The number of hydrogen-bond acceptors (Lipinski definition) is 10. The Morgan fingerprint density at radius 2 is 0.652 bits per heavy atom. The van der Waals surface area contributed by atoms with Crippen LogP contribution >= 0.6 is 0 Å². The molecule has 0 amide bonds. The summed E-state index contributed by atoms with van der Waals surface area (Å²) in [4.78, 5) is 0. The summed E-state index contributed by atoms with van der Waals surface area (Å²) in [6, 6.07) is 0. The van der Waals surface area contributed by atoms with E-state index in [0.29, 0.717) is 0 Å². The lowest BCUT2D eigenvalue weighted by atomic mass is 10.9. The lowest BCUT2D eigenvalue weighted by Crippen LogP contribution is -2.42. The van der Waals surface area contributed by atoms with Gasteiger partial charge < -0.3 is 0 Å². The minimum absolute atomic E-state index is 2.15. The van der Waals surface area contributed by atoms with Gasteiger partial charge in [0.15, 0.2) is 9.84 Å². The average Bonchev–Trinajstić information content (AvgIpc) is 2.16. The highest BCUT2D eigenvalue weighted by atomic mass is 32.3. The second kappa shape index (κ2) is 6.48. The minimum Gasteiger partial charge on any atom is -0.284 e. The van der Waals surface area contributed by atoms with Crippen LogP contribution < -0.4 is 0 Å². The van der Waals surface area contributed by atoms with Gasteiger partial charge in [0, 0.05) is 0 Å². The molecule has 0 bridgehead atoms. The third-order valence-electron chi connectivity index (χ3n) is 2.11. The Kier molecular flexibility index (Phi) is 6.36. The van der Waals surface area contributed by atoms with Gasteiger partial charge in [-0.15, -0.1) is 0 Å². The van der Waals surface area contributed by atoms with Crippen LogP contribution in [0.25, 0.3) is 0 Å². The Bertz CT molecular complexity index is 819. The van der Waals surface area contributed by atoms with Crippen molar-refractivity contribution in [1.82, 2.24) is 0 Å². The van der Waals surface area contributed by atoms with Crippen molar-refractivity contribution in [3.05, 3.63) is 0 Å². The fourth-order valence-electron chi connectivity index (χ4n) is 1.13. The van der Waals surface area contributed by atoms with Gasteiger partial charge in [-0.25, -0.2) is 8.42 Å². The summed E-state index contributed by atoms with van der Waals surface area (Å²) < 4.78 is 137. The normalized spacial score (nSPS) is 15.2. The Labute approximate surface area is 131 Å². The van der Waals surface area contributed by atoms with E-state index in [-0.39, 0.29) is 0 Å². The molecule has 0 saturated carbocycles. The van der Waals surface area contributed by atoms with Crippen molar-refractivity contribution >= 4 is 50.3 Å². The van der Waals surface area contributed by atoms with Crippen molar-refractivity contribution in [3.63, 3.8) is 0 Å². The Morgan fingerprint density at radius 3 is 0.783 bits per heavy atom. The van der Waals surface area contributed by atoms with Crippen LogP contribution in [-0.4, -0.2) is 81.0 Å². The van der Waals surface area contributed by atoms with Crippen LogP contribution in [-0.2, 0) is 50.3 Å². The molecule has 0 aromatic heterocycles. The lowest BCUT2D eigenvalue weighted by Gasteiger charge is -2.14. The number of hydrogen-bond donors (Lipinski definition) is 4. The molecule has 140 valence electrons. The molecule has 0 heterocycles. The zero-order valence-electron chi connectivity index (χ0n) is 10.5. The van der Waals surface area contributed by atoms with Crippen molar-refractivity contribution in [2.24, 2.45) is 0 Å². The van der Waals surface area contributed by atoms with E-state index in [1.54, 1.807) is 0 Å². The molecule has 19 heteroatoms. The Hall–Kier alpha value is -0.410. The van der Waals surface area contributed by atoms with E-state index in [1.165, 1.54) is 0 Å². The van der Waals surface area contributed by atoms with Gasteiger partial charge in [0.2, 0.25) is 9.16 Å². The molecule has 0 rings (SSSR count). The van der Waals surface area contributed by atoms with Crippen LogP contribution in [0, 0.1) is 0 Å². The molecule has 0 atom stereocenters. The van der Waals surface area contributed by atoms with Crippen LogP contribution in [0.4, 0.5) is 0 Å². The van der Waals surface area contributed by atoms with Crippen molar-refractivity contribution in [2.75, 3.05) is 11.5 Å². The molecule has 0 unspecified atom stereocenters. The number of sulfone groups is 1. The second-order valence-electron chi connectivity index (χ2n) is 4.00. The maximum Gasteiger partial charge on any atom is 0.285 e. The summed E-state index contributed by atoms with van der Waals surface area (Å²) in [5.74, 6) is -4.29. The molecule has 0 aromatic carbocycles. The van der Waals surface area contributed by atoms with Gasteiger partial charge in [-0.1, -0.05) is 0 Å². The van der Waals surface area contributed by atoms with Crippen molar-refractivity contribution < 1.29 is 60.3 Å². The molecule has 0 radical (unpaired) electrons. The fraction of sp³-hybridized carbons (Fsp3) is 1.00. The van der Waals surface area contributed by atoms with E-state index in [0.717, 1.165) is 0 Å². The monoisotopic (exact) mass is 442 g/mol. The Morgan fingerprint density at radius 1 is 0.478 bits per heavy atom. The first-order chi connectivity index (χ1) is 9.68. The molecular formula is C4H10O14S5. The van der Waals surface area contributed by atoms with Crippen LogP contribution in [0.1, 0.15) is 0 Å². The third-order valence-corrected chi connectivity index (χ3v) is 10.9. The molecule has 23 heavy (non-hydrogen) atoms. The third kappa shape index (κ3) is 7.34. The van der Waals surface area contributed by atoms with Crippen LogP contribution in [0.2, 0.25) is 0 Å². The summed E-state index contributed by atoms with van der Waals surface area (Å²) in [6.07, 6.45) is 0. The predicted molar refractivity (Wildman–Crippen MR) is 72.4 cm³/mol. The summed E-state index contributed by atoms with van der Waals surface area (Å²) in [5, 5.41) is 0. The van der Waals surface area contributed by atoms with Crippen LogP contribution in [0.5, 0.6) is 0 Å². The molecule has 0 aliphatic carbocycles. The number of rotatable bonds is 8. The smallest absolute Gasteiger partial charge is 0.284 e. The molecule has 0 aliphatic heterocycles. The molecular weight excluding hydrogens is 432 g/mol. The molecule has 0 aromatic rings. The van der Waals surface area contributed by atoms with Gasteiger partial charge in [0.05, 0.1) is 11.5 Å². The summed E-state index contributed by atoms with van der Waals surface area (Å²) in [6.45, 7) is 0. The van der Waals surface area contributed by atoms with Crippen LogP contribution in [0.3, 0.4) is 0 Å². The minimum atomic E-state index is -5.70. The zero-order valence-corrected chi connectivity index (χ0v) is 14.6. The van der Waals surface area contributed by atoms with E-state index < -0.39 is 71.0 Å². The van der Waals surface area contributed by atoms with Gasteiger partial charge in [0.25, 0.3) is 40.5 Å². The first kappa shape index (κ1) is 22.6. The highest BCUT2D eigenvalue weighted by molar-refractivity contribution is 8.07. The largest absolute Gasteiger partial charge is 0.285 e. The van der Waals surface area contributed by atoms with Gasteiger partial charge >= 0.3 is 0 Å². The topological polar surface area (TPSA) is 252 Å². The predicted octanol–water partition coefficient (Wildman–Crippen LogP) is -3.40. The summed E-state index contributed by atoms with van der Waals surface area (Å²) >= 11 is 0. The molecule has 0 aliphatic rings. The highest BCUT2D eigenvalue weighted by Crippen LogP contribution is 2.15. The Balaban J connectivity index is 5.95.